The standard InChI is InChI=1S/C96H154N26O24/c1-51(2)41-64-79(132)80(133)66(42-52(3)4)121-122-96(9,85(138)81(134)60(31-35-73(98)127)116-117-68(86(103)139)47-77(102)131)39-23-16-14-12-10-11-13-15-22-38-95(8,84(137)82(135)65(46-76(101)130)112-90(143)69(43-53(5)6)118-119-70(45-56-48-107-59-28-21-20-27-58(56)59)91(144)108-61(87(140)111-64)29-24-40-106-94(104)105)83(136)67(44-55-25-18-17-19-26-55)113-93(146)78(54(7)125)114-89(142)63(33-37-75(100)129)109-88(141)62(32-36-74(99)128)110-92(145)71(50-124)120-115-57(49-123)30-34-72(97)126/h17-21,25-28,48-49,51-54,57,60-71,78,94,106-107,115-122,124-125H,10-16,22-24,29-47,50,104-105H2,1-9H3,(H2,97,126)(H2,98,127)(H2,99,128)(H2,100,129)(H2,101,130)(H2,102,131)(H2,103,139)(H,108,144)(H,109,141)(H,110,145)(H,111,140)(H,112,143)(H,113,146)(H,114,142)/t54-,57+,60+,61+,62+,63+,64+,65+,66+,67+,68+,69+,70+,71+,78+,95+,96+/m1/s1. The van der Waals surface area contributed by atoms with Crippen molar-refractivity contribution >= 4 is 140 Å². The predicted molar refractivity (Wildman–Crippen MR) is 533 cm³/mol. The Morgan fingerprint density at radius 2 is 0.945 bits per heavy atom. The van der Waals surface area contributed by atoms with E-state index in [4.69, 9.17) is 51.6 Å². The second-order valence-corrected chi connectivity index (χ2v) is 38.8. The summed E-state index contributed by atoms with van der Waals surface area (Å²) in [5.41, 5.74) is 68.7. The maximum absolute atomic E-state index is 16.2. The molecule has 1 saturated heterocycles. The molecule has 0 radical (unpaired) electrons. The summed E-state index contributed by atoms with van der Waals surface area (Å²) in [5, 5.41) is 42.8. The third-order valence-corrected chi connectivity index (χ3v) is 24.7. The Kier molecular flexibility index (Phi) is 54.9. The van der Waals surface area contributed by atoms with Crippen LogP contribution >= 0.6 is 0 Å². The molecule has 1 aliphatic heterocycles. The van der Waals surface area contributed by atoms with Gasteiger partial charge in [0, 0.05) is 49.2 Å². The zero-order chi connectivity index (χ0) is 109. The smallest absolute Gasteiger partial charge is 0.245 e. The second-order valence-electron chi connectivity index (χ2n) is 38.8. The van der Waals surface area contributed by atoms with Crippen LogP contribution in [-0.2, 0) is 118 Å². The maximum Gasteiger partial charge on any atom is 0.245 e. The first kappa shape index (κ1) is 126. The lowest BCUT2D eigenvalue weighted by atomic mass is 9.71. The minimum Gasteiger partial charge on any atom is -0.394 e. The number of ketones is 7. The molecule has 17 atom stereocenters. The quantitative estimate of drug-likeness (QED) is 0.00625. The molecule has 3 aromatic rings. The van der Waals surface area contributed by atoms with Gasteiger partial charge in [0.05, 0.1) is 66.7 Å². The number of hydrogen-bond acceptors (Lipinski definition) is 35. The van der Waals surface area contributed by atoms with Crippen molar-refractivity contribution in [1.29, 1.82) is 0 Å². The fraction of sp³-hybridized carbons (Fsp3) is 0.625. The van der Waals surface area contributed by atoms with Crippen LogP contribution in [0.3, 0.4) is 0 Å². The summed E-state index contributed by atoms with van der Waals surface area (Å²) in [6, 6.07) is -8.66. The summed E-state index contributed by atoms with van der Waals surface area (Å²) < 4.78 is 0. The molecule has 4 rings (SSSR count). The Morgan fingerprint density at radius 1 is 0.479 bits per heavy atom. The molecule has 0 aliphatic carbocycles. The molecule has 2 heterocycles. The van der Waals surface area contributed by atoms with Crippen LogP contribution in [0, 0.1) is 23.2 Å². The molecule has 50 heteroatoms. The van der Waals surface area contributed by atoms with E-state index in [1.807, 2.05) is 0 Å². The van der Waals surface area contributed by atoms with Crippen LogP contribution in [0.2, 0.25) is 0 Å². The molecule has 0 saturated carbocycles. The van der Waals surface area contributed by atoms with Gasteiger partial charge in [0.15, 0.2) is 5.78 Å². The highest BCUT2D eigenvalue weighted by Crippen LogP contribution is 2.33. The van der Waals surface area contributed by atoms with Gasteiger partial charge < -0.3 is 109 Å². The molecule has 1 aromatic heterocycles. The Morgan fingerprint density at radius 3 is 1.48 bits per heavy atom. The summed E-state index contributed by atoms with van der Waals surface area (Å²) in [6.07, 6.45) is -5.12. The molecule has 0 unspecified atom stereocenters. The van der Waals surface area contributed by atoms with Gasteiger partial charge in [-0.1, -0.05) is 148 Å². The number of amides is 14. The van der Waals surface area contributed by atoms with E-state index in [0.717, 1.165) is 13.8 Å². The number of H-pyrrole nitrogens is 1. The predicted octanol–water partition coefficient (Wildman–Crippen LogP) is -6.06. The number of Topliss-reactive ketones (excluding diaryl/α,β-unsaturated/α-hetero) is 7. The van der Waals surface area contributed by atoms with Crippen molar-refractivity contribution in [2.45, 2.75) is 345 Å². The number of carbonyl (C=O) groups excluding carboxylic acids is 22. The average molecular weight is 2060 g/mol. The first-order chi connectivity index (χ1) is 68.8. The highest BCUT2D eigenvalue weighted by Gasteiger charge is 2.51. The highest BCUT2D eigenvalue weighted by molar-refractivity contribution is 6.45. The van der Waals surface area contributed by atoms with Gasteiger partial charge in [-0.15, -0.1) is 0 Å². The van der Waals surface area contributed by atoms with Crippen molar-refractivity contribution < 1.29 is 116 Å². The van der Waals surface area contributed by atoms with E-state index in [9.17, 15) is 67.7 Å². The van der Waals surface area contributed by atoms with Crippen LogP contribution in [0.4, 0.5) is 0 Å². The van der Waals surface area contributed by atoms with Gasteiger partial charge in [-0.2, -0.15) is 0 Å². The molecule has 812 valence electrons. The lowest BCUT2D eigenvalue weighted by molar-refractivity contribution is -0.151. The van der Waals surface area contributed by atoms with Crippen LogP contribution < -0.4 is 138 Å². The number of aldehydes is 1. The summed E-state index contributed by atoms with van der Waals surface area (Å²) in [6.45, 7) is 13.0. The van der Waals surface area contributed by atoms with E-state index in [1.54, 1.807) is 102 Å². The highest BCUT2D eigenvalue weighted by atomic mass is 16.3. The minimum atomic E-state index is -2.56. The van der Waals surface area contributed by atoms with Crippen molar-refractivity contribution in [3.63, 3.8) is 0 Å². The number of rotatable bonds is 54. The number of hydrogen-bond donors (Lipinski definition) is 28. The number of benzene rings is 2. The summed E-state index contributed by atoms with van der Waals surface area (Å²) in [5.74, 6) is -24.9. The maximum atomic E-state index is 16.2. The van der Waals surface area contributed by atoms with Gasteiger partial charge in [-0.3, -0.25) is 106 Å². The van der Waals surface area contributed by atoms with Crippen LogP contribution in [0.1, 0.15) is 240 Å². The van der Waals surface area contributed by atoms with Crippen molar-refractivity contribution in [2.24, 2.45) is 74.8 Å². The van der Waals surface area contributed by atoms with Crippen LogP contribution in [0.15, 0.2) is 60.8 Å². The molecule has 0 bridgehead atoms. The number of fused-ring (bicyclic) bond motifs is 1. The molecule has 37 N–H and O–H groups in total. The van der Waals surface area contributed by atoms with Gasteiger partial charge in [0.2, 0.25) is 117 Å². The van der Waals surface area contributed by atoms with Crippen LogP contribution in [0.5, 0.6) is 0 Å². The van der Waals surface area contributed by atoms with E-state index < -0.39 is 314 Å². The SMILES string of the molecule is CC(C)C[C@@H]1NN[C@@H](Cc2c[nH]c3ccccc23)C(=O)N[C@@H](CCCNC(N)N)C(=O)N[C@@H](CC(C)C)C(=O)C(=O)[C@H](CC(C)C)NN[C@](C)(C(=O)C(=O)[C@H](CCC(N)=O)NN[C@@H](CC(N)=O)C(N)=O)CCCCCCCCCCC[C@@](C)(C(=O)[C@H](Cc2ccccc2)NC(=O)[C@@H](NC(=O)[C@H](CCC(N)=O)NC(=O)[C@H](CCC(N)=O)NC(=O)[C@H](CO)NN[C@H](C=O)CCC(N)=O)[C@@H](C)O)C(=O)C(=O)[C@H](CC(N)=O)NC1=O. The van der Waals surface area contributed by atoms with Gasteiger partial charge in [-0.25, -0.2) is 43.4 Å². The summed E-state index contributed by atoms with van der Waals surface area (Å²) in [4.78, 5) is 313. The normalized spacial score (nSPS) is 21.4. The number of nitrogens with one attached hydrogen (secondary N) is 17. The molecule has 2 aromatic carbocycles. The Labute approximate surface area is 847 Å². The monoisotopic (exact) mass is 2060 g/mol. The fourth-order valence-corrected chi connectivity index (χ4v) is 16.4. The first-order valence-electron chi connectivity index (χ1n) is 49.3. The average Bonchev–Trinajstić information content (AvgIpc) is 0.994. The van der Waals surface area contributed by atoms with E-state index in [1.165, 1.54) is 6.92 Å². The molecule has 50 nitrogen and oxygen atoms in total. The lowest BCUT2D eigenvalue weighted by Gasteiger charge is -2.33. The van der Waals surface area contributed by atoms with Crippen molar-refractivity contribution in [3.05, 3.63) is 71.9 Å². The minimum absolute atomic E-state index is 0.0305. The van der Waals surface area contributed by atoms with Crippen molar-refractivity contribution in [2.75, 3.05) is 13.2 Å². The third-order valence-electron chi connectivity index (χ3n) is 24.7. The third kappa shape index (κ3) is 44.0. The fourth-order valence-electron chi connectivity index (χ4n) is 16.4. The topological polar surface area (TPSA) is 858 Å². The molecule has 146 heavy (non-hydrogen) atoms. The zero-order valence-electron chi connectivity index (χ0n) is 84.6. The largest absolute Gasteiger partial charge is 0.394 e. The molecule has 14 amide bonds. The molecule has 1 fully saturated rings. The van der Waals surface area contributed by atoms with Crippen LogP contribution in [-0.4, -0.2) is 260 Å². The zero-order valence-corrected chi connectivity index (χ0v) is 84.6. The van der Waals surface area contributed by atoms with Crippen LogP contribution in [0.25, 0.3) is 10.9 Å². The molecule has 0 spiro atoms. The van der Waals surface area contributed by atoms with E-state index in [2.05, 4.69) is 90.9 Å². The number of aliphatic hydroxyl groups excluding tert-OH is 2. The molecular weight excluding hydrogens is 1900 g/mol. The number of nitrogens with two attached hydrogens (primary N) is 9. The Balaban J connectivity index is 1.99. The summed E-state index contributed by atoms with van der Waals surface area (Å²) in [7, 11) is 0. The van der Waals surface area contributed by atoms with Gasteiger partial charge in [0.1, 0.15) is 67.0 Å². The van der Waals surface area contributed by atoms with Crippen molar-refractivity contribution in [1.82, 2.24) is 90.9 Å². The lowest BCUT2D eigenvalue weighted by Crippen LogP contribution is -2.65. The number of aromatic nitrogens is 1. The molecular formula is C96H154N26O24. The van der Waals surface area contributed by atoms with E-state index in [-0.39, 0.29) is 89.5 Å². The number of aliphatic hydroxyl groups is 2. The number of carbonyl (C=O) groups is 22. The number of aromatic amines is 1. The number of primary amides is 7. The van der Waals surface area contributed by atoms with Crippen molar-refractivity contribution in [3.8, 4) is 0 Å². The van der Waals surface area contributed by atoms with E-state index in [0.29, 0.717) is 66.8 Å². The van der Waals surface area contributed by atoms with Gasteiger partial charge in [0.25, 0.3) is 0 Å². The number of para-hydroxylation sites is 1. The Hall–Kier alpha value is -12.6. The van der Waals surface area contributed by atoms with Gasteiger partial charge >= 0.3 is 0 Å². The molecule has 1 aliphatic rings. The van der Waals surface area contributed by atoms with Gasteiger partial charge in [-0.05, 0) is 139 Å². The second kappa shape index (κ2) is 63.7. The van der Waals surface area contributed by atoms with E-state index >= 15 is 47.9 Å². The Bertz CT molecular complexity index is 4940. The number of hydrazine groups is 4. The first-order valence-corrected chi connectivity index (χ1v) is 49.3. The summed E-state index contributed by atoms with van der Waals surface area (Å²) >= 11 is 0.